The van der Waals surface area contributed by atoms with Gasteiger partial charge in [-0.1, -0.05) is 23.8 Å². The normalized spacial score (nSPS) is 15.6. The van der Waals surface area contributed by atoms with E-state index in [0.717, 1.165) is 29.7 Å². The van der Waals surface area contributed by atoms with Crippen molar-refractivity contribution in [3.05, 3.63) is 41.5 Å². The van der Waals surface area contributed by atoms with E-state index in [0.29, 0.717) is 6.42 Å². The van der Waals surface area contributed by atoms with Crippen LogP contribution in [-0.2, 0) is 9.59 Å². The number of hydrogen-bond acceptors (Lipinski definition) is 3. The highest BCUT2D eigenvalue weighted by Gasteiger charge is 2.19. The van der Waals surface area contributed by atoms with Crippen LogP contribution in [0.2, 0.25) is 0 Å². The number of nitrogens with one attached hydrogen (secondary N) is 1. The van der Waals surface area contributed by atoms with Gasteiger partial charge in [0.05, 0.1) is 12.5 Å². The summed E-state index contributed by atoms with van der Waals surface area (Å²) in [6, 6.07) is 7.19. The van der Waals surface area contributed by atoms with Gasteiger partial charge in [0, 0.05) is 11.3 Å². The van der Waals surface area contributed by atoms with E-state index in [9.17, 15) is 9.59 Å². The lowest BCUT2D eigenvalue weighted by Gasteiger charge is -2.19. The Morgan fingerprint density at radius 1 is 1.26 bits per heavy atom. The van der Waals surface area contributed by atoms with Crippen molar-refractivity contribution in [2.75, 3.05) is 6.26 Å². The molecule has 1 amide bonds. The van der Waals surface area contributed by atoms with Crippen LogP contribution in [0.15, 0.2) is 40.8 Å². The molecular weight excluding hydrogens is 310 g/mol. The van der Waals surface area contributed by atoms with Gasteiger partial charge < -0.3 is 10.4 Å². The van der Waals surface area contributed by atoms with Crippen LogP contribution in [0.3, 0.4) is 0 Å². The first-order chi connectivity index (χ1) is 11.1. The van der Waals surface area contributed by atoms with Crippen LogP contribution in [0, 0.1) is 0 Å². The number of carbonyl (C=O) groups excluding carboxylic acids is 1. The maximum Gasteiger partial charge on any atom is 0.305 e. The van der Waals surface area contributed by atoms with Crippen LogP contribution in [0.5, 0.6) is 0 Å². The third-order valence-electron chi connectivity index (χ3n) is 4.00. The zero-order chi connectivity index (χ0) is 16.7. The number of allylic oxidation sites excluding steroid dienone is 1. The fourth-order valence-corrected chi connectivity index (χ4v) is 3.19. The Kier molecular flexibility index (Phi) is 6.71. The number of carboxylic acid groups (broad SMARTS) is 1. The predicted molar refractivity (Wildman–Crippen MR) is 92.5 cm³/mol. The minimum Gasteiger partial charge on any atom is -0.481 e. The van der Waals surface area contributed by atoms with Gasteiger partial charge in [0.2, 0.25) is 5.91 Å². The first-order valence-electron chi connectivity index (χ1n) is 7.91. The molecule has 0 bridgehead atoms. The topological polar surface area (TPSA) is 66.4 Å². The number of amides is 1. The van der Waals surface area contributed by atoms with Crippen molar-refractivity contribution in [1.29, 1.82) is 0 Å². The average Bonchev–Trinajstić information content (AvgIpc) is 2.55. The zero-order valence-corrected chi connectivity index (χ0v) is 14.2. The zero-order valence-electron chi connectivity index (χ0n) is 13.4. The van der Waals surface area contributed by atoms with Crippen LogP contribution in [0.4, 0.5) is 0 Å². The number of thioether (sulfide) groups is 1. The van der Waals surface area contributed by atoms with E-state index in [1.807, 2.05) is 30.5 Å². The summed E-state index contributed by atoms with van der Waals surface area (Å²) in [5, 5.41) is 12.0. The summed E-state index contributed by atoms with van der Waals surface area (Å²) < 4.78 is 0. The van der Waals surface area contributed by atoms with Crippen LogP contribution in [0.1, 0.15) is 50.1 Å². The summed E-state index contributed by atoms with van der Waals surface area (Å²) in [5.41, 5.74) is 2.00. The van der Waals surface area contributed by atoms with Gasteiger partial charge >= 0.3 is 5.97 Å². The maximum atomic E-state index is 12.3. The van der Waals surface area contributed by atoms with E-state index in [2.05, 4.69) is 11.4 Å². The monoisotopic (exact) mass is 333 g/mol. The number of hydrogen-bond donors (Lipinski definition) is 2. The van der Waals surface area contributed by atoms with Crippen molar-refractivity contribution in [2.45, 2.75) is 49.5 Å². The van der Waals surface area contributed by atoms with Crippen molar-refractivity contribution in [1.82, 2.24) is 5.32 Å². The number of rotatable bonds is 7. The van der Waals surface area contributed by atoms with Gasteiger partial charge in [-0.25, -0.2) is 0 Å². The highest BCUT2D eigenvalue weighted by atomic mass is 32.2. The van der Waals surface area contributed by atoms with E-state index in [1.54, 1.807) is 11.8 Å². The average molecular weight is 333 g/mol. The van der Waals surface area contributed by atoms with Crippen LogP contribution in [-0.4, -0.2) is 23.2 Å². The molecule has 5 heteroatoms. The molecule has 4 nitrogen and oxygen atoms in total. The first-order valence-corrected chi connectivity index (χ1v) is 9.14. The molecule has 0 saturated carbocycles. The fraction of sp³-hybridized carbons (Fsp3) is 0.444. The van der Waals surface area contributed by atoms with Crippen LogP contribution in [0.25, 0.3) is 0 Å². The Labute approximate surface area is 141 Å². The Bertz CT molecular complexity index is 580. The summed E-state index contributed by atoms with van der Waals surface area (Å²) in [6.45, 7) is 0. The van der Waals surface area contributed by atoms with Crippen molar-refractivity contribution >= 4 is 23.6 Å². The number of carboxylic acids is 1. The molecule has 0 radical (unpaired) electrons. The lowest BCUT2D eigenvalue weighted by atomic mass is 9.96. The second-order valence-electron chi connectivity index (χ2n) is 5.78. The summed E-state index contributed by atoms with van der Waals surface area (Å²) in [6.07, 6.45) is 8.73. The highest BCUT2D eigenvalue weighted by molar-refractivity contribution is 7.98. The molecule has 124 valence electrons. The molecule has 2 N–H and O–H groups in total. The van der Waals surface area contributed by atoms with Crippen molar-refractivity contribution in [2.24, 2.45) is 0 Å². The lowest BCUT2D eigenvalue weighted by Crippen LogP contribution is -2.30. The summed E-state index contributed by atoms with van der Waals surface area (Å²) in [5.74, 6) is -1.01. The van der Waals surface area contributed by atoms with Crippen LogP contribution >= 0.6 is 11.8 Å². The molecule has 0 aliphatic heterocycles. The van der Waals surface area contributed by atoms with Gasteiger partial charge in [-0.2, -0.15) is 0 Å². The smallest absolute Gasteiger partial charge is 0.305 e. The van der Waals surface area contributed by atoms with E-state index >= 15 is 0 Å². The summed E-state index contributed by atoms with van der Waals surface area (Å²) in [4.78, 5) is 24.5. The van der Waals surface area contributed by atoms with Gasteiger partial charge in [0.25, 0.3) is 0 Å². The highest BCUT2D eigenvalue weighted by Crippen LogP contribution is 2.23. The molecule has 0 aromatic heterocycles. The van der Waals surface area contributed by atoms with Crippen molar-refractivity contribution < 1.29 is 14.7 Å². The fourth-order valence-electron chi connectivity index (χ4n) is 2.78. The third kappa shape index (κ3) is 5.75. The Balaban J connectivity index is 2.03. The molecule has 0 heterocycles. The van der Waals surface area contributed by atoms with Crippen molar-refractivity contribution in [3.8, 4) is 0 Å². The molecule has 1 aromatic rings. The van der Waals surface area contributed by atoms with E-state index in [-0.39, 0.29) is 12.3 Å². The molecule has 1 atom stereocenters. The molecular formula is C18H23NO3S. The van der Waals surface area contributed by atoms with Crippen molar-refractivity contribution in [3.63, 3.8) is 0 Å². The predicted octanol–water partition coefficient (Wildman–Crippen LogP) is 3.93. The quantitative estimate of drug-likeness (QED) is 0.586. The van der Waals surface area contributed by atoms with Gasteiger partial charge in [-0.3, -0.25) is 9.59 Å². The van der Waals surface area contributed by atoms with Gasteiger partial charge in [-0.05, 0) is 49.6 Å². The summed E-state index contributed by atoms with van der Waals surface area (Å²) >= 11 is 1.63. The van der Waals surface area contributed by atoms with E-state index < -0.39 is 12.0 Å². The van der Waals surface area contributed by atoms with Crippen LogP contribution < -0.4 is 5.32 Å². The molecule has 1 unspecified atom stereocenters. The minimum atomic E-state index is -0.916. The largest absolute Gasteiger partial charge is 0.481 e. The molecule has 1 aliphatic rings. The summed E-state index contributed by atoms with van der Waals surface area (Å²) in [7, 11) is 0. The molecule has 0 saturated heterocycles. The van der Waals surface area contributed by atoms with Gasteiger partial charge in [0.1, 0.15) is 0 Å². The number of aliphatic carboxylic acids is 1. The maximum absolute atomic E-state index is 12.3. The van der Waals surface area contributed by atoms with Gasteiger partial charge in [-0.15, -0.1) is 11.8 Å². The van der Waals surface area contributed by atoms with E-state index in [4.69, 9.17) is 5.11 Å². The number of carbonyl (C=O) groups is 2. The lowest BCUT2D eigenvalue weighted by molar-refractivity contribution is -0.137. The molecule has 0 spiro atoms. The Morgan fingerprint density at radius 3 is 2.57 bits per heavy atom. The second-order valence-corrected chi connectivity index (χ2v) is 6.66. The molecule has 0 fully saturated rings. The van der Waals surface area contributed by atoms with E-state index in [1.165, 1.54) is 12.0 Å². The number of benzene rings is 1. The molecule has 23 heavy (non-hydrogen) atoms. The Hall–Kier alpha value is -1.75. The SMILES string of the molecule is CSc1ccc(C(CC(=O)O)NC(=O)CC2=CCCCC2)cc1. The standard InChI is InChI=1S/C18H23NO3S/c1-23-15-9-7-14(8-10-15)16(12-18(21)22)19-17(20)11-13-5-3-2-4-6-13/h5,7-10,16H,2-4,6,11-12H2,1H3,(H,19,20)(H,21,22). The molecule has 1 aliphatic carbocycles. The molecule has 2 rings (SSSR count). The minimum absolute atomic E-state index is 0.0988. The molecule has 1 aromatic carbocycles. The van der Waals surface area contributed by atoms with Gasteiger partial charge in [0.15, 0.2) is 0 Å². The second kappa shape index (κ2) is 8.77. The Morgan fingerprint density at radius 2 is 2.00 bits per heavy atom. The first kappa shape index (κ1) is 17.6. The third-order valence-corrected chi connectivity index (χ3v) is 4.75.